The van der Waals surface area contributed by atoms with Crippen molar-refractivity contribution in [3.8, 4) is 0 Å². The van der Waals surface area contributed by atoms with Crippen LogP contribution in [-0.2, 0) is 26.2 Å². The highest BCUT2D eigenvalue weighted by molar-refractivity contribution is 7.92. The molecule has 0 aromatic heterocycles. The van der Waals surface area contributed by atoms with Gasteiger partial charge in [0, 0.05) is 23.7 Å². The van der Waals surface area contributed by atoms with Gasteiger partial charge in [-0.1, -0.05) is 23.7 Å². The van der Waals surface area contributed by atoms with Crippen molar-refractivity contribution >= 4 is 39.1 Å². The van der Waals surface area contributed by atoms with Crippen LogP contribution in [0.4, 0.5) is 14.5 Å². The number of hydrogen-bond donors (Lipinski definition) is 1. The van der Waals surface area contributed by atoms with E-state index in [-0.39, 0.29) is 18.3 Å². The molecule has 0 saturated heterocycles. The number of rotatable bonds is 9. The van der Waals surface area contributed by atoms with Crippen LogP contribution in [0.1, 0.15) is 26.3 Å². The van der Waals surface area contributed by atoms with E-state index in [2.05, 4.69) is 5.32 Å². The van der Waals surface area contributed by atoms with Crippen LogP contribution in [0.5, 0.6) is 0 Å². The highest BCUT2D eigenvalue weighted by atomic mass is 35.5. The molecule has 0 spiro atoms. The summed E-state index contributed by atoms with van der Waals surface area (Å²) in [7, 11) is -4.05. The highest BCUT2D eigenvalue weighted by Gasteiger charge is 2.30. The molecular weight excluding hydrogens is 476 g/mol. The lowest BCUT2D eigenvalue weighted by Gasteiger charge is -2.32. The van der Waals surface area contributed by atoms with Crippen LogP contribution in [-0.4, -0.2) is 50.0 Å². The zero-order valence-corrected chi connectivity index (χ0v) is 20.3. The van der Waals surface area contributed by atoms with E-state index >= 15 is 0 Å². The van der Waals surface area contributed by atoms with Crippen LogP contribution >= 0.6 is 11.6 Å². The number of benzene rings is 2. The van der Waals surface area contributed by atoms with Gasteiger partial charge in [-0.15, -0.1) is 0 Å². The van der Waals surface area contributed by atoms with Gasteiger partial charge in [-0.25, -0.2) is 17.2 Å². The predicted molar refractivity (Wildman–Crippen MR) is 123 cm³/mol. The lowest BCUT2D eigenvalue weighted by Crippen LogP contribution is -2.52. The van der Waals surface area contributed by atoms with E-state index in [1.54, 1.807) is 38.1 Å². The van der Waals surface area contributed by atoms with Crippen molar-refractivity contribution in [2.24, 2.45) is 0 Å². The van der Waals surface area contributed by atoms with Gasteiger partial charge in [-0.05, 0) is 50.6 Å². The van der Waals surface area contributed by atoms with Gasteiger partial charge >= 0.3 is 0 Å². The molecule has 0 radical (unpaired) electrons. The number of carbonyl (C=O) groups excluding carboxylic acids is 2. The molecule has 0 heterocycles. The van der Waals surface area contributed by atoms with E-state index in [4.69, 9.17) is 11.6 Å². The summed E-state index contributed by atoms with van der Waals surface area (Å²) in [4.78, 5) is 27.1. The Balaban J connectivity index is 2.41. The molecule has 0 fully saturated rings. The molecule has 180 valence electrons. The van der Waals surface area contributed by atoms with Crippen molar-refractivity contribution in [3.63, 3.8) is 0 Å². The Labute approximate surface area is 197 Å². The zero-order chi connectivity index (χ0) is 24.9. The molecule has 2 aromatic carbocycles. The number of sulfonamides is 1. The fourth-order valence-corrected chi connectivity index (χ4v) is 4.13. The van der Waals surface area contributed by atoms with Crippen LogP contribution in [0.15, 0.2) is 42.5 Å². The minimum Gasteiger partial charge on any atom is -0.352 e. The summed E-state index contributed by atoms with van der Waals surface area (Å²) in [5.74, 6) is -3.55. The van der Waals surface area contributed by atoms with E-state index in [0.29, 0.717) is 21.0 Å². The molecule has 0 aliphatic rings. The van der Waals surface area contributed by atoms with E-state index < -0.39 is 46.1 Å². The monoisotopic (exact) mass is 501 g/mol. The van der Waals surface area contributed by atoms with Crippen molar-refractivity contribution in [2.75, 3.05) is 17.1 Å². The third-order valence-corrected chi connectivity index (χ3v) is 6.09. The number of carbonyl (C=O) groups is 2. The van der Waals surface area contributed by atoms with Crippen molar-refractivity contribution < 1.29 is 26.8 Å². The van der Waals surface area contributed by atoms with Gasteiger partial charge in [0.1, 0.15) is 12.6 Å². The van der Waals surface area contributed by atoms with Crippen LogP contribution in [0, 0.1) is 11.6 Å². The van der Waals surface area contributed by atoms with Crippen molar-refractivity contribution in [2.45, 2.75) is 39.4 Å². The summed E-state index contributed by atoms with van der Waals surface area (Å²) in [5, 5.41) is 3.15. The molecular formula is C22H26ClF2N3O4S. The average Bonchev–Trinajstić information content (AvgIpc) is 2.70. The van der Waals surface area contributed by atoms with Gasteiger partial charge in [-0.2, -0.15) is 0 Å². The quantitative estimate of drug-likeness (QED) is 0.571. The molecule has 1 atom stereocenters. The number of nitrogens with zero attached hydrogens (tertiary/aromatic N) is 2. The average molecular weight is 502 g/mol. The maximum absolute atomic E-state index is 13.7. The van der Waals surface area contributed by atoms with E-state index in [9.17, 15) is 26.8 Å². The number of hydrogen-bond acceptors (Lipinski definition) is 4. The molecule has 0 saturated carbocycles. The van der Waals surface area contributed by atoms with E-state index in [0.717, 1.165) is 18.4 Å². The van der Waals surface area contributed by atoms with Gasteiger partial charge in [0.2, 0.25) is 21.8 Å². The summed E-state index contributed by atoms with van der Waals surface area (Å²) in [6.45, 7) is 4.30. The predicted octanol–water partition coefficient (Wildman–Crippen LogP) is 3.33. The lowest BCUT2D eigenvalue weighted by molar-refractivity contribution is -0.139. The van der Waals surface area contributed by atoms with Crippen LogP contribution in [0.2, 0.25) is 5.02 Å². The Morgan fingerprint density at radius 2 is 1.73 bits per heavy atom. The molecule has 0 aliphatic heterocycles. The fraction of sp³-hybridized carbons (Fsp3) is 0.364. The molecule has 11 heteroatoms. The van der Waals surface area contributed by atoms with Gasteiger partial charge < -0.3 is 10.2 Å². The van der Waals surface area contributed by atoms with Crippen LogP contribution in [0.3, 0.4) is 0 Å². The molecule has 0 aliphatic carbocycles. The van der Waals surface area contributed by atoms with Gasteiger partial charge in [-0.3, -0.25) is 13.9 Å². The first-order chi connectivity index (χ1) is 15.3. The van der Waals surface area contributed by atoms with Crippen molar-refractivity contribution in [1.29, 1.82) is 0 Å². The van der Waals surface area contributed by atoms with Gasteiger partial charge in [0.05, 0.1) is 11.9 Å². The maximum atomic E-state index is 13.7. The summed E-state index contributed by atoms with van der Waals surface area (Å²) in [6, 6.07) is 8.06. The zero-order valence-electron chi connectivity index (χ0n) is 18.7. The third kappa shape index (κ3) is 7.40. The summed E-state index contributed by atoms with van der Waals surface area (Å²) >= 11 is 6.03. The van der Waals surface area contributed by atoms with Crippen molar-refractivity contribution in [3.05, 3.63) is 64.7 Å². The number of halogens is 3. The second kappa shape index (κ2) is 10.9. The summed E-state index contributed by atoms with van der Waals surface area (Å²) < 4.78 is 52.5. The molecule has 33 heavy (non-hydrogen) atoms. The number of amides is 2. The molecule has 0 bridgehead atoms. The molecule has 7 nitrogen and oxygen atoms in total. The normalized spacial score (nSPS) is 12.4. The minimum absolute atomic E-state index is 0.0263. The lowest BCUT2D eigenvalue weighted by atomic mass is 10.1. The second-order valence-corrected chi connectivity index (χ2v) is 10.2. The third-order valence-electron chi connectivity index (χ3n) is 4.71. The van der Waals surface area contributed by atoms with Crippen molar-refractivity contribution in [1.82, 2.24) is 10.2 Å². The first-order valence-electron chi connectivity index (χ1n) is 10.1. The Hall–Kier alpha value is -2.72. The maximum Gasteiger partial charge on any atom is 0.244 e. The largest absolute Gasteiger partial charge is 0.352 e. The molecule has 1 N–H and O–H groups in total. The Morgan fingerprint density at radius 1 is 1.06 bits per heavy atom. The Bertz CT molecular complexity index is 1130. The minimum atomic E-state index is -4.05. The molecule has 2 amide bonds. The number of anilines is 1. The van der Waals surface area contributed by atoms with E-state index in [1.165, 1.54) is 11.8 Å². The van der Waals surface area contributed by atoms with Crippen LogP contribution < -0.4 is 9.62 Å². The Morgan fingerprint density at radius 3 is 2.27 bits per heavy atom. The first-order valence-corrected chi connectivity index (χ1v) is 12.3. The topological polar surface area (TPSA) is 86.8 Å². The van der Waals surface area contributed by atoms with Gasteiger partial charge in [0.15, 0.2) is 11.6 Å². The smallest absolute Gasteiger partial charge is 0.244 e. The summed E-state index contributed by atoms with van der Waals surface area (Å²) in [5.41, 5.74) is 0.408. The molecule has 2 rings (SSSR count). The van der Waals surface area contributed by atoms with E-state index in [1.807, 2.05) is 0 Å². The summed E-state index contributed by atoms with van der Waals surface area (Å²) in [6.07, 6.45) is 0.845. The fourth-order valence-electron chi connectivity index (χ4n) is 3.07. The molecule has 0 unspecified atom stereocenters. The number of nitrogens with one attached hydrogen (secondary N) is 1. The van der Waals surface area contributed by atoms with Gasteiger partial charge in [0.25, 0.3) is 0 Å². The van der Waals surface area contributed by atoms with Crippen LogP contribution in [0.25, 0.3) is 0 Å². The first kappa shape index (κ1) is 26.5. The highest BCUT2D eigenvalue weighted by Crippen LogP contribution is 2.22. The molecule has 2 aromatic rings. The SMILES string of the molecule is CC(C)NC(=O)[C@@H](C)N(Cc1cccc(Cl)c1)C(=O)CN(c1ccc(F)c(F)c1)S(C)(=O)=O. The Kier molecular flexibility index (Phi) is 8.79. The standard InChI is InChI=1S/C22H26ClF2N3O4S/c1-14(2)26-22(30)15(3)27(12-16-6-5-7-17(23)10-16)21(29)13-28(33(4,31)32)18-8-9-19(24)20(25)11-18/h5-11,14-15H,12-13H2,1-4H3,(H,26,30)/t15-/m1/s1. The second-order valence-electron chi connectivity index (χ2n) is 7.86.